The molecule has 0 bridgehead atoms. The molecule has 0 spiro atoms. The lowest BCUT2D eigenvalue weighted by molar-refractivity contribution is -0.274. The SMILES string of the molecule is CCCNC(COCC)Cc1ccc(OC(F)(F)F)cc1. The Labute approximate surface area is 123 Å². The van der Waals surface area contributed by atoms with Crippen LogP contribution in [0.2, 0.25) is 0 Å². The first-order chi connectivity index (χ1) is 9.94. The first-order valence-electron chi connectivity index (χ1n) is 7.10. The van der Waals surface area contributed by atoms with E-state index >= 15 is 0 Å². The number of nitrogens with one attached hydrogen (secondary N) is 1. The third-order valence-electron chi connectivity index (χ3n) is 2.85. The van der Waals surface area contributed by atoms with Gasteiger partial charge in [0.1, 0.15) is 5.75 Å². The molecule has 1 atom stereocenters. The van der Waals surface area contributed by atoms with Crippen molar-refractivity contribution in [2.75, 3.05) is 19.8 Å². The zero-order chi connectivity index (χ0) is 15.7. The fraction of sp³-hybridized carbons (Fsp3) is 0.600. The molecule has 1 unspecified atom stereocenters. The average Bonchev–Trinajstić information content (AvgIpc) is 2.42. The summed E-state index contributed by atoms with van der Waals surface area (Å²) >= 11 is 0. The van der Waals surface area contributed by atoms with E-state index in [-0.39, 0.29) is 11.8 Å². The smallest absolute Gasteiger partial charge is 0.406 e. The van der Waals surface area contributed by atoms with Crippen LogP contribution in [0.5, 0.6) is 5.75 Å². The van der Waals surface area contributed by atoms with Gasteiger partial charge in [0.25, 0.3) is 0 Å². The van der Waals surface area contributed by atoms with Crippen LogP contribution in [0.1, 0.15) is 25.8 Å². The van der Waals surface area contributed by atoms with Crippen molar-refractivity contribution in [3.8, 4) is 5.75 Å². The van der Waals surface area contributed by atoms with E-state index in [2.05, 4.69) is 17.0 Å². The van der Waals surface area contributed by atoms with Crippen molar-refractivity contribution in [2.24, 2.45) is 0 Å². The third kappa shape index (κ3) is 7.92. The van der Waals surface area contributed by atoms with Crippen molar-refractivity contribution in [3.63, 3.8) is 0 Å². The van der Waals surface area contributed by atoms with Gasteiger partial charge in [-0.1, -0.05) is 19.1 Å². The topological polar surface area (TPSA) is 30.5 Å². The van der Waals surface area contributed by atoms with Gasteiger partial charge in [-0.25, -0.2) is 0 Å². The highest BCUT2D eigenvalue weighted by Crippen LogP contribution is 2.23. The first-order valence-corrected chi connectivity index (χ1v) is 7.10. The monoisotopic (exact) mass is 305 g/mol. The fourth-order valence-corrected chi connectivity index (χ4v) is 1.91. The lowest BCUT2D eigenvalue weighted by Gasteiger charge is -2.18. The van der Waals surface area contributed by atoms with Crippen molar-refractivity contribution >= 4 is 0 Å². The van der Waals surface area contributed by atoms with Crippen molar-refractivity contribution in [3.05, 3.63) is 29.8 Å². The van der Waals surface area contributed by atoms with Crippen LogP contribution in [0.25, 0.3) is 0 Å². The Bertz CT molecular complexity index is 385. The molecule has 0 aromatic heterocycles. The summed E-state index contributed by atoms with van der Waals surface area (Å²) in [5.41, 5.74) is 0.942. The summed E-state index contributed by atoms with van der Waals surface area (Å²) in [6.07, 6.45) is -2.94. The van der Waals surface area contributed by atoms with Crippen LogP contribution >= 0.6 is 0 Å². The van der Waals surface area contributed by atoms with E-state index in [4.69, 9.17) is 4.74 Å². The molecule has 0 radical (unpaired) electrons. The molecule has 120 valence electrons. The van der Waals surface area contributed by atoms with Gasteiger partial charge >= 0.3 is 6.36 Å². The van der Waals surface area contributed by atoms with Crippen molar-refractivity contribution in [1.82, 2.24) is 5.32 Å². The predicted molar refractivity (Wildman–Crippen MR) is 75.4 cm³/mol. The number of halogens is 3. The van der Waals surface area contributed by atoms with Crippen LogP contribution in [-0.2, 0) is 11.2 Å². The molecule has 0 heterocycles. The lowest BCUT2D eigenvalue weighted by Crippen LogP contribution is -2.36. The first kappa shape index (κ1) is 17.8. The minimum atomic E-state index is -4.65. The molecular formula is C15H22F3NO2. The number of rotatable bonds is 9. The zero-order valence-electron chi connectivity index (χ0n) is 12.4. The molecule has 1 N–H and O–H groups in total. The summed E-state index contributed by atoms with van der Waals surface area (Å²) in [5, 5.41) is 3.37. The normalized spacial score (nSPS) is 13.2. The van der Waals surface area contributed by atoms with Gasteiger partial charge < -0.3 is 14.8 Å². The van der Waals surface area contributed by atoms with Gasteiger partial charge in [-0.15, -0.1) is 13.2 Å². The molecule has 0 saturated heterocycles. The largest absolute Gasteiger partial charge is 0.573 e. The van der Waals surface area contributed by atoms with Gasteiger partial charge in [0.15, 0.2) is 0 Å². The highest BCUT2D eigenvalue weighted by Gasteiger charge is 2.30. The molecule has 1 rings (SSSR count). The van der Waals surface area contributed by atoms with E-state index in [0.29, 0.717) is 19.6 Å². The van der Waals surface area contributed by atoms with E-state index in [1.807, 2.05) is 6.92 Å². The van der Waals surface area contributed by atoms with Gasteiger partial charge in [0.2, 0.25) is 0 Å². The van der Waals surface area contributed by atoms with Gasteiger partial charge in [0, 0.05) is 12.6 Å². The minimum Gasteiger partial charge on any atom is -0.406 e. The van der Waals surface area contributed by atoms with Crippen molar-refractivity contribution < 1.29 is 22.6 Å². The van der Waals surface area contributed by atoms with Gasteiger partial charge in [0.05, 0.1) is 6.61 Å². The summed E-state index contributed by atoms with van der Waals surface area (Å²) < 4.78 is 45.5. The quantitative estimate of drug-likeness (QED) is 0.757. The molecule has 0 aliphatic heterocycles. The Morgan fingerprint density at radius 2 is 1.81 bits per heavy atom. The average molecular weight is 305 g/mol. The molecule has 0 aliphatic rings. The number of alkyl halides is 3. The molecule has 0 saturated carbocycles. The second-order valence-electron chi connectivity index (χ2n) is 4.71. The number of hydrogen-bond acceptors (Lipinski definition) is 3. The van der Waals surface area contributed by atoms with Crippen LogP contribution < -0.4 is 10.1 Å². The highest BCUT2D eigenvalue weighted by atomic mass is 19.4. The second-order valence-corrected chi connectivity index (χ2v) is 4.71. The maximum absolute atomic E-state index is 12.1. The Kier molecular flexibility index (Phi) is 7.53. The number of benzene rings is 1. The summed E-state index contributed by atoms with van der Waals surface area (Å²) in [5.74, 6) is -0.200. The third-order valence-corrected chi connectivity index (χ3v) is 2.85. The van der Waals surface area contributed by atoms with Gasteiger partial charge in [-0.05, 0) is 44.0 Å². The summed E-state index contributed by atoms with van der Waals surface area (Å²) in [4.78, 5) is 0. The van der Waals surface area contributed by atoms with E-state index in [1.165, 1.54) is 12.1 Å². The summed E-state index contributed by atoms with van der Waals surface area (Å²) in [6, 6.07) is 6.11. The van der Waals surface area contributed by atoms with Crippen LogP contribution in [0.3, 0.4) is 0 Å². The molecule has 1 aromatic rings. The Morgan fingerprint density at radius 1 is 1.14 bits per heavy atom. The van der Waals surface area contributed by atoms with E-state index in [0.717, 1.165) is 18.5 Å². The molecule has 21 heavy (non-hydrogen) atoms. The molecular weight excluding hydrogens is 283 g/mol. The standard InChI is InChI=1S/C15H22F3NO2/c1-3-9-19-13(11-20-4-2)10-12-5-7-14(8-6-12)21-15(16,17)18/h5-8,13,19H,3-4,9-11H2,1-2H3. The highest BCUT2D eigenvalue weighted by molar-refractivity contribution is 5.28. The molecule has 0 fully saturated rings. The maximum Gasteiger partial charge on any atom is 0.573 e. The van der Waals surface area contributed by atoms with Gasteiger partial charge in [-0.2, -0.15) is 0 Å². The van der Waals surface area contributed by atoms with Crippen LogP contribution in [0, 0.1) is 0 Å². The lowest BCUT2D eigenvalue weighted by atomic mass is 10.1. The fourth-order valence-electron chi connectivity index (χ4n) is 1.91. The summed E-state index contributed by atoms with van der Waals surface area (Å²) in [7, 11) is 0. The number of hydrogen-bond donors (Lipinski definition) is 1. The number of ether oxygens (including phenoxy) is 2. The molecule has 3 nitrogen and oxygen atoms in total. The minimum absolute atomic E-state index is 0.152. The van der Waals surface area contributed by atoms with E-state index in [1.54, 1.807) is 12.1 Å². The van der Waals surface area contributed by atoms with Crippen LogP contribution in [-0.4, -0.2) is 32.2 Å². The van der Waals surface area contributed by atoms with Crippen molar-refractivity contribution in [1.29, 1.82) is 0 Å². The second kappa shape index (κ2) is 8.89. The van der Waals surface area contributed by atoms with Crippen LogP contribution in [0.4, 0.5) is 13.2 Å². The van der Waals surface area contributed by atoms with Gasteiger partial charge in [-0.3, -0.25) is 0 Å². The molecule has 1 aromatic carbocycles. The molecule has 6 heteroatoms. The summed E-state index contributed by atoms with van der Waals surface area (Å²) in [6.45, 7) is 6.11. The Hall–Kier alpha value is -1.27. The Balaban J connectivity index is 2.57. The predicted octanol–water partition coefficient (Wildman–Crippen LogP) is 3.53. The van der Waals surface area contributed by atoms with Crippen LogP contribution in [0.15, 0.2) is 24.3 Å². The maximum atomic E-state index is 12.1. The van der Waals surface area contributed by atoms with Crippen molar-refractivity contribution in [2.45, 2.75) is 39.1 Å². The Morgan fingerprint density at radius 3 is 2.33 bits per heavy atom. The zero-order valence-corrected chi connectivity index (χ0v) is 12.4. The molecule has 0 amide bonds. The van der Waals surface area contributed by atoms with E-state index < -0.39 is 6.36 Å². The molecule has 0 aliphatic carbocycles. The van der Waals surface area contributed by atoms with E-state index in [9.17, 15) is 13.2 Å².